The van der Waals surface area contributed by atoms with E-state index in [9.17, 15) is 17.6 Å². The third-order valence-electron chi connectivity index (χ3n) is 5.41. The van der Waals surface area contributed by atoms with Crippen molar-refractivity contribution >= 4 is 21.6 Å². The van der Waals surface area contributed by atoms with Crippen LogP contribution in [0.3, 0.4) is 0 Å². The molecule has 1 unspecified atom stereocenters. The first-order valence-electron chi connectivity index (χ1n) is 10.6. The molecule has 1 heterocycles. The van der Waals surface area contributed by atoms with E-state index in [1.807, 2.05) is 13.8 Å². The van der Waals surface area contributed by atoms with Gasteiger partial charge in [0.05, 0.1) is 17.2 Å². The average Bonchev–Trinajstić information content (AvgIpc) is 2.76. The second kappa shape index (κ2) is 10.2. The van der Waals surface area contributed by atoms with Gasteiger partial charge in [-0.25, -0.2) is 12.8 Å². The molecule has 31 heavy (non-hydrogen) atoms. The van der Waals surface area contributed by atoms with Gasteiger partial charge in [-0.15, -0.1) is 0 Å². The highest BCUT2D eigenvalue weighted by atomic mass is 32.2. The van der Waals surface area contributed by atoms with Crippen LogP contribution in [0.2, 0.25) is 0 Å². The molecule has 1 saturated heterocycles. The SMILES string of the molecule is CCOc1ccc(S(=O)(=O)N2CCCCC2)cc1NC(=O)CC(C)c1ccc(F)cc1. The van der Waals surface area contributed by atoms with Crippen molar-refractivity contribution in [2.24, 2.45) is 0 Å². The number of rotatable bonds is 8. The first-order valence-corrected chi connectivity index (χ1v) is 12.1. The molecule has 1 N–H and O–H groups in total. The standard InChI is InChI=1S/C23H29FN2O4S/c1-3-30-22-12-11-20(31(28,29)26-13-5-4-6-14-26)16-21(22)25-23(27)15-17(2)18-7-9-19(24)10-8-18/h7-12,16-17H,3-6,13-15H2,1-2H3,(H,25,27). The Morgan fingerprint density at radius 1 is 1.13 bits per heavy atom. The lowest BCUT2D eigenvalue weighted by molar-refractivity contribution is -0.116. The number of piperidine rings is 1. The van der Waals surface area contributed by atoms with Crippen LogP contribution >= 0.6 is 0 Å². The van der Waals surface area contributed by atoms with Crippen LogP contribution in [0.25, 0.3) is 0 Å². The normalized spacial score (nSPS) is 16.0. The maximum atomic E-state index is 13.1. The smallest absolute Gasteiger partial charge is 0.243 e. The van der Waals surface area contributed by atoms with Crippen molar-refractivity contribution in [2.45, 2.75) is 50.3 Å². The Morgan fingerprint density at radius 3 is 2.45 bits per heavy atom. The number of carbonyl (C=O) groups is 1. The summed E-state index contributed by atoms with van der Waals surface area (Å²) in [5.74, 6) is -0.307. The van der Waals surface area contributed by atoms with E-state index in [1.165, 1.54) is 28.6 Å². The summed E-state index contributed by atoms with van der Waals surface area (Å²) >= 11 is 0. The number of nitrogens with zero attached hydrogens (tertiary/aromatic N) is 1. The van der Waals surface area contributed by atoms with Gasteiger partial charge in [-0.05, 0) is 61.6 Å². The fourth-order valence-electron chi connectivity index (χ4n) is 3.69. The highest BCUT2D eigenvalue weighted by Gasteiger charge is 2.27. The third kappa shape index (κ3) is 5.83. The van der Waals surface area contributed by atoms with Crippen LogP contribution in [0.4, 0.5) is 10.1 Å². The van der Waals surface area contributed by atoms with E-state index < -0.39 is 10.0 Å². The molecule has 6 nitrogen and oxygen atoms in total. The molecule has 2 aromatic rings. The molecule has 1 fully saturated rings. The van der Waals surface area contributed by atoms with Gasteiger partial charge in [-0.2, -0.15) is 4.31 Å². The van der Waals surface area contributed by atoms with Crippen LogP contribution in [0.1, 0.15) is 51.0 Å². The molecular weight excluding hydrogens is 419 g/mol. The fraction of sp³-hybridized carbons (Fsp3) is 0.435. The van der Waals surface area contributed by atoms with Crippen molar-refractivity contribution in [1.82, 2.24) is 4.31 Å². The Hall–Kier alpha value is -2.45. The number of benzene rings is 2. The van der Waals surface area contributed by atoms with Gasteiger partial charge in [0.15, 0.2) is 0 Å². The molecule has 1 amide bonds. The lowest BCUT2D eigenvalue weighted by Gasteiger charge is -2.26. The highest BCUT2D eigenvalue weighted by Crippen LogP contribution is 2.31. The van der Waals surface area contributed by atoms with Gasteiger partial charge in [-0.1, -0.05) is 25.5 Å². The summed E-state index contributed by atoms with van der Waals surface area (Å²) in [6.45, 7) is 5.10. The molecule has 0 radical (unpaired) electrons. The molecule has 0 aliphatic carbocycles. The van der Waals surface area contributed by atoms with Gasteiger partial charge in [0.2, 0.25) is 15.9 Å². The molecule has 1 aliphatic heterocycles. The summed E-state index contributed by atoms with van der Waals surface area (Å²) in [5.41, 5.74) is 1.18. The van der Waals surface area contributed by atoms with Gasteiger partial charge >= 0.3 is 0 Å². The van der Waals surface area contributed by atoms with Crippen molar-refractivity contribution < 1.29 is 22.3 Å². The Balaban J connectivity index is 1.78. The summed E-state index contributed by atoms with van der Waals surface area (Å²) in [5, 5.41) is 2.80. The molecule has 1 atom stereocenters. The van der Waals surface area contributed by atoms with Gasteiger partial charge < -0.3 is 10.1 Å². The monoisotopic (exact) mass is 448 g/mol. The van der Waals surface area contributed by atoms with Crippen molar-refractivity contribution in [3.8, 4) is 5.75 Å². The predicted octanol–water partition coefficient (Wildman–Crippen LogP) is 4.53. The maximum Gasteiger partial charge on any atom is 0.243 e. The Kier molecular flexibility index (Phi) is 7.67. The number of carbonyl (C=O) groups excluding carboxylic acids is 1. The molecule has 8 heteroatoms. The van der Waals surface area contributed by atoms with Crippen molar-refractivity contribution in [3.63, 3.8) is 0 Å². The first kappa shape index (κ1) is 23.2. The second-order valence-corrected chi connectivity index (χ2v) is 9.70. The summed E-state index contributed by atoms with van der Waals surface area (Å²) in [7, 11) is -3.63. The van der Waals surface area contributed by atoms with Crippen LogP contribution < -0.4 is 10.1 Å². The van der Waals surface area contributed by atoms with Crippen molar-refractivity contribution in [2.75, 3.05) is 25.0 Å². The number of ether oxygens (including phenoxy) is 1. The Bertz CT molecular complexity index is 1000. The lowest BCUT2D eigenvalue weighted by Crippen LogP contribution is -2.35. The summed E-state index contributed by atoms with van der Waals surface area (Å²) in [6, 6.07) is 10.6. The number of halogens is 1. The van der Waals surface area contributed by atoms with Crippen molar-refractivity contribution in [1.29, 1.82) is 0 Å². The number of sulfonamides is 1. The zero-order valence-electron chi connectivity index (χ0n) is 17.9. The van der Waals surface area contributed by atoms with Crippen LogP contribution in [-0.2, 0) is 14.8 Å². The molecule has 1 aliphatic rings. The number of nitrogens with one attached hydrogen (secondary N) is 1. The van der Waals surface area contributed by atoms with Gasteiger partial charge in [0, 0.05) is 19.5 Å². The topological polar surface area (TPSA) is 75.7 Å². The molecule has 2 aromatic carbocycles. The molecule has 0 spiro atoms. The van der Waals surface area contributed by atoms with E-state index in [-0.39, 0.29) is 29.0 Å². The minimum absolute atomic E-state index is 0.128. The van der Waals surface area contributed by atoms with Gasteiger partial charge in [0.25, 0.3) is 0 Å². The third-order valence-corrected chi connectivity index (χ3v) is 7.30. The largest absolute Gasteiger partial charge is 0.492 e. The van der Waals surface area contributed by atoms with E-state index in [4.69, 9.17) is 4.74 Å². The average molecular weight is 449 g/mol. The van der Waals surface area contributed by atoms with E-state index in [0.29, 0.717) is 31.1 Å². The number of hydrogen-bond donors (Lipinski definition) is 1. The first-order chi connectivity index (χ1) is 14.8. The van der Waals surface area contributed by atoms with Crippen LogP contribution in [0.15, 0.2) is 47.4 Å². The van der Waals surface area contributed by atoms with Crippen LogP contribution in [-0.4, -0.2) is 38.3 Å². The molecule has 0 saturated carbocycles. The lowest BCUT2D eigenvalue weighted by atomic mass is 9.97. The number of anilines is 1. The van der Waals surface area contributed by atoms with Crippen LogP contribution in [0, 0.1) is 5.82 Å². The molecule has 3 rings (SSSR count). The summed E-state index contributed by atoms with van der Waals surface area (Å²) in [6.07, 6.45) is 2.89. The van der Waals surface area contributed by atoms with Crippen LogP contribution in [0.5, 0.6) is 5.75 Å². The summed E-state index contributed by atoms with van der Waals surface area (Å²) < 4.78 is 46.3. The van der Waals surface area contributed by atoms with Gasteiger partial charge in [0.1, 0.15) is 11.6 Å². The Morgan fingerprint density at radius 2 is 1.81 bits per heavy atom. The predicted molar refractivity (Wildman–Crippen MR) is 118 cm³/mol. The number of amides is 1. The molecular formula is C23H29FN2O4S. The maximum absolute atomic E-state index is 13.1. The molecule has 168 valence electrons. The second-order valence-electron chi connectivity index (χ2n) is 7.76. The molecule has 0 aromatic heterocycles. The fourth-order valence-corrected chi connectivity index (χ4v) is 5.24. The number of hydrogen-bond acceptors (Lipinski definition) is 4. The van der Waals surface area contributed by atoms with E-state index >= 15 is 0 Å². The van der Waals surface area contributed by atoms with E-state index in [1.54, 1.807) is 18.2 Å². The minimum atomic E-state index is -3.63. The minimum Gasteiger partial charge on any atom is -0.492 e. The summed E-state index contributed by atoms with van der Waals surface area (Å²) in [4.78, 5) is 12.8. The highest BCUT2D eigenvalue weighted by molar-refractivity contribution is 7.89. The van der Waals surface area contributed by atoms with Gasteiger partial charge in [-0.3, -0.25) is 4.79 Å². The zero-order valence-corrected chi connectivity index (χ0v) is 18.8. The quantitative estimate of drug-likeness (QED) is 0.644. The van der Waals surface area contributed by atoms with Crippen molar-refractivity contribution in [3.05, 3.63) is 53.8 Å². The van der Waals surface area contributed by atoms with E-state index in [0.717, 1.165) is 24.8 Å². The Labute approximate surface area is 183 Å². The molecule has 0 bridgehead atoms. The van der Waals surface area contributed by atoms with E-state index in [2.05, 4.69) is 5.32 Å². The zero-order chi connectivity index (χ0) is 22.4.